The Kier molecular flexibility index (Phi) is 24.1. The average Bonchev–Trinajstić information content (AvgIpc) is 3.17. The summed E-state index contributed by atoms with van der Waals surface area (Å²) in [5, 5.41) is 49.0. The van der Waals surface area contributed by atoms with Gasteiger partial charge in [-0.05, 0) is 32.1 Å². The number of aliphatic hydroxyl groups excluding tert-OH is 5. The molecule has 0 spiro atoms. The lowest BCUT2D eigenvalue weighted by Gasteiger charge is -2.31. The maximum Gasteiger partial charge on any atom is 0.348 e. The van der Waals surface area contributed by atoms with Crippen molar-refractivity contribution in [2.75, 3.05) is 13.2 Å². The Labute approximate surface area is 324 Å². The molecule has 0 amide bonds. The maximum absolute atomic E-state index is 13.8. The van der Waals surface area contributed by atoms with Crippen LogP contribution < -0.4 is 0 Å². The standard InChI is InChI=1S/C38H66O17/c1-12-19(6)29(50-24(11)41)35(46)53-31(21(8)14-3)37(48)55-33(23(10)16-5)38(49)54-32(22(9)15-4)36(47)52-30(20(7)13-2)34(45)51-26(18-40)28(44)27(43)25(42)17-39/h19-23,25-33,39-40,42-44H,12-18H2,1-11H3/t19-,20+,21-,22+,23-,25+,26+,27+,28-,29-,30-,31-,32-,33-/m0/s1. The van der Waals surface area contributed by atoms with Crippen molar-refractivity contribution >= 4 is 35.8 Å². The third kappa shape index (κ3) is 15.9. The Bertz CT molecular complexity index is 1210. The van der Waals surface area contributed by atoms with E-state index in [1.165, 1.54) is 0 Å². The molecule has 0 saturated heterocycles. The highest BCUT2D eigenvalue weighted by Crippen LogP contribution is 2.25. The fourth-order valence-corrected chi connectivity index (χ4v) is 4.99. The quantitative estimate of drug-likeness (QED) is 0.0617. The molecule has 0 saturated carbocycles. The molecule has 14 atom stereocenters. The summed E-state index contributed by atoms with van der Waals surface area (Å²) in [6.45, 7) is 15.9. The molecule has 320 valence electrons. The topological polar surface area (TPSA) is 259 Å². The molecule has 0 fully saturated rings. The Morgan fingerprint density at radius 3 is 0.891 bits per heavy atom. The third-order valence-corrected chi connectivity index (χ3v) is 9.99. The van der Waals surface area contributed by atoms with Crippen LogP contribution in [0.5, 0.6) is 0 Å². The van der Waals surface area contributed by atoms with Crippen molar-refractivity contribution < 1.29 is 82.7 Å². The Morgan fingerprint density at radius 1 is 0.418 bits per heavy atom. The Balaban J connectivity index is 6.43. The van der Waals surface area contributed by atoms with Crippen molar-refractivity contribution in [2.24, 2.45) is 29.6 Å². The van der Waals surface area contributed by atoms with Crippen molar-refractivity contribution in [3.05, 3.63) is 0 Å². The highest BCUT2D eigenvalue weighted by Gasteiger charge is 2.43. The van der Waals surface area contributed by atoms with E-state index in [4.69, 9.17) is 33.5 Å². The van der Waals surface area contributed by atoms with Crippen molar-refractivity contribution in [3.8, 4) is 0 Å². The molecule has 0 aromatic rings. The number of carbonyl (C=O) groups excluding carboxylic acids is 6. The molecular weight excluding hydrogens is 728 g/mol. The number of carbonyl (C=O) groups is 6. The smallest absolute Gasteiger partial charge is 0.348 e. The molecule has 0 aliphatic heterocycles. The highest BCUT2D eigenvalue weighted by atomic mass is 16.7. The van der Waals surface area contributed by atoms with Crippen LogP contribution >= 0.6 is 0 Å². The van der Waals surface area contributed by atoms with Crippen LogP contribution in [-0.4, -0.2) is 129 Å². The van der Waals surface area contributed by atoms with Gasteiger partial charge in [-0.25, -0.2) is 24.0 Å². The lowest BCUT2D eigenvalue weighted by molar-refractivity contribution is -0.199. The van der Waals surface area contributed by atoms with Crippen molar-refractivity contribution in [1.29, 1.82) is 0 Å². The zero-order valence-corrected chi connectivity index (χ0v) is 34.2. The normalized spacial score (nSPS) is 19.2. The molecule has 0 aliphatic rings. The summed E-state index contributed by atoms with van der Waals surface area (Å²) >= 11 is 0. The van der Waals surface area contributed by atoms with E-state index in [9.17, 15) is 49.2 Å². The molecule has 55 heavy (non-hydrogen) atoms. The van der Waals surface area contributed by atoms with Crippen molar-refractivity contribution in [1.82, 2.24) is 0 Å². The van der Waals surface area contributed by atoms with E-state index in [2.05, 4.69) is 0 Å². The molecule has 0 radical (unpaired) electrons. The second-order valence-corrected chi connectivity index (χ2v) is 14.3. The van der Waals surface area contributed by atoms with Gasteiger partial charge in [-0.2, -0.15) is 0 Å². The van der Waals surface area contributed by atoms with Crippen LogP contribution in [0.1, 0.15) is 108 Å². The predicted molar refractivity (Wildman–Crippen MR) is 194 cm³/mol. The Hall–Kier alpha value is -3.38. The molecule has 0 unspecified atom stereocenters. The van der Waals surface area contributed by atoms with E-state index in [-0.39, 0.29) is 12.8 Å². The summed E-state index contributed by atoms with van der Waals surface area (Å²) in [5.74, 6) is -9.28. The highest BCUT2D eigenvalue weighted by molar-refractivity contribution is 5.87. The molecule has 17 heteroatoms. The van der Waals surface area contributed by atoms with E-state index in [1.807, 2.05) is 0 Å². The number of ether oxygens (including phenoxy) is 6. The fourth-order valence-electron chi connectivity index (χ4n) is 4.99. The fraction of sp³-hybridized carbons (Fsp3) is 0.842. The van der Waals surface area contributed by atoms with Gasteiger partial charge in [0.05, 0.1) is 13.2 Å². The van der Waals surface area contributed by atoms with E-state index in [1.54, 1.807) is 69.2 Å². The molecule has 0 aromatic heterocycles. The van der Waals surface area contributed by atoms with E-state index in [0.717, 1.165) is 6.92 Å². The van der Waals surface area contributed by atoms with Gasteiger partial charge in [0.15, 0.2) is 6.10 Å². The summed E-state index contributed by atoms with van der Waals surface area (Å²) < 4.78 is 32.8. The zero-order valence-electron chi connectivity index (χ0n) is 34.2. The van der Waals surface area contributed by atoms with Gasteiger partial charge in [0.25, 0.3) is 0 Å². The van der Waals surface area contributed by atoms with Gasteiger partial charge in [-0.15, -0.1) is 0 Å². The first-order valence-corrected chi connectivity index (χ1v) is 19.2. The van der Waals surface area contributed by atoms with Crippen molar-refractivity contribution in [2.45, 2.75) is 163 Å². The van der Waals surface area contributed by atoms with Crippen LogP contribution in [0.2, 0.25) is 0 Å². The van der Waals surface area contributed by atoms with E-state index < -0.39 is 134 Å². The average molecular weight is 795 g/mol. The first kappa shape index (κ1) is 51.6. The van der Waals surface area contributed by atoms with Crippen molar-refractivity contribution in [3.63, 3.8) is 0 Å². The zero-order chi connectivity index (χ0) is 42.7. The molecule has 0 aromatic carbocycles. The predicted octanol–water partition coefficient (Wildman–Crippen LogP) is 1.77. The number of hydrogen-bond acceptors (Lipinski definition) is 17. The van der Waals surface area contributed by atoms with Gasteiger partial charge in [0.1, 0.15) is 18.3 Å². The minimum absolute atomic E-state index is 0.270. The van der Waals surface area contributed by atoms with Crippen LogP contribution in [-0.2, 0) is 57.2 Å². The first-order chi connectivity index (χ1) is 25.7. The Morgan fingerprint density at radius 2 is 0.673 bits per heavy atom. The van der Waals surface area contributed by atoms with Crippen LogP contribution in [0.15, 0.2) is 0 Å². The number of aliphatic hydroxyl groups is 5. The van der Waals surface area contributed by atoms with E-state index in [0.29, 0.717) is 19.3 Å². The minimum Gasteiger partial charge on any atom is -0.454 e. The second-order valence-electron chi connectivity index (χ2n) is 14.3. The number of esters is 6. The van der Waals surface area contributed by atoms with Crippen LogP contribution in [0.3, 0.4) is 0 Å². The SMILES string of the molecule is CC[C@@H](C)[C@H](OC(=O)[C@@H](OC(=O)[C@@H](OC(=O)[C@@H](OC(=O)[C@@H](OC(C)=O)[C@@H](C)CC)[C@@H](C)CC)[C@@H](C)CC)[C@H](C)CC)C(=O)O[C@H](CO)[C@H](O)[C@H](O)[C@H](O)CO. The molecule has 0 rings (SSSR count). The molecular formula is C38H66O17. The van der Waals surface area contributed by atoms with Gasteiger partial charge in [0, 0.05) is 36.5 Å². The number of rotatable bonds is 26. The summed E-state index contributed by atoms with van der Waals surface area (Å²) in [6, 6.07) is 0. The summed E-state index contributed by atoms with van der Waals surface area (Å²) in [6.07, 6.45) is -13.6. The molecule has 0 aliphatic carbocycles. The van der Waals surface area contributed by atoms with Crippen LogP contribution in [0, 0.1) is 29.6 Å². The monoisotopic (exact) mass is 794 g/mol. The molecule has 5 N–H and O–H groups in total. The molecule has 0 bridgehead atoms. The lowest BCUT2D eigenvalue weighted by atomic mass is 9.98. The van der Waals surface area contributed by atoms with Crippen LogP contribution in [0.4, 0.5) is 0 Å². The molecule has 17 nitrogen and oxygen atoms in total. The largest absolute Gasteiger partial charge is 0.454 e. The number of hydrogen-bond donors (Lipinski definition) is 5. The van der Waals surface area contributed by atoms with Gasteiger partial charge in [-0.1, -0.05) is 69.2 Å². The summed E-state index contributed by atoms with van der Waals surface area (Å²) in [7, 11) is 0. The minimum atomic E-state index is -2.03. The van der Waals surface area contributed by atoms with Gasteiger partial charge < -0.3 is 54.0 Å². The lowest BCUT2D eigenvalue weighted by Crippen LogP contribution is -2.50. The second kappa shape index (κ2) is 25.7. The summed E-state index contributed by atoms with van der Waals surface area (Å²) in [5.41, 5.74) is 0. The van der Waals surface area contributed by atoms with E-state index >= 15 is 0 Å². The van der Waals surface area contributed by atoms with Gasteiger partial charge >= 0.3 is 35.8 Å². The van der Waals surface area contributed by atoms with Gasteiger partial charge in [-0.3, -0.25) is 4.79 Å². The first-order valence-electron chi connectivity index (χ1n) is 19.2. The van der Waals surface area contributed by atoms with Crippen LogP contribution in [0.25, 0.3) is 0 Å². The maximum atomic E-state index is 13.8. The van der Waals surface area contributed by atoms with Gasteiger partial charge in [0.2, 0.25) is 30.5 Å². The summed E-state index contributed by atoms with van der Waals surface area (Å²) in [4.78, 5) is 79.3. The third-order valence-electron chi connectivity index (χ3n) is 9.99. The molecule has 0 heterocycles.